The molecule has 2 aromatic rings. The first-order valence-electron chi connectivity index (χ1n) is 9.64. The van der Waals surface area contributed by atoms with Crippen LogP contribution in [-0.2, 0) is 16.0 Å². The summed E-state index contributed by atoms with van der Waals surface area (Å²) < 4.78 is 5.20. The van der Waals surface area contributed by atoms with Gasteiger partial charge in [-0.2, -0.15) is 5.26 Å². The zero-order valence-corrected chi connectivity index (χ0v) is 17.2. The number of amides is 2. The summed E-state index contributed by atoms with van der Waals surface area (Å²) in [6.07, 6.45) is 3.61. The second kappa shape index (κ2) is 10.5. The van der Waals surface area contributed by atoms with Crippen molar-refractivity contribution < 1.29 is 14.3 Å². The molecule has 0 unspecified atom stereocenters. The number of carbonyl (C=O) groups excluding carboxylic acids is 2. The molecule has 0 aromatic heterocycles. The van der Waals surface area contributed by atoms with E-state index in [4.69, 9.17) is 21.6 Å². The fourth-order valence-corrected chi connectivity index (χ4v) is 3.25. The Hall–Kier alpha value is -3.30. The minimum atomic E-state index is -0.0791. The van der Waals surface area contributed by atoms with Gasteiger partial charge in [0.15, 0.2) is 6.61 Å². The second-order valence-electron chi connectivity index (χ2n) is 6.86. The molecule has 1 aliphatic rings. The maximum absolute atomic E-state index is 12.5. The third-order valence-corrected chi connectivity index (χ3v) is 5.07. The van der Waals surface area contributed by atoms with Crippen molar-refractivity contribution >= 4 is 29.5 Å². The van der Waals surface area contributed by atoms with E-state index >= 15 is 0 Å². The number of nitriles is 1. The second-order valence-corrected chi connectivity index (χ2v) is 7.29. The summed E-state index contributed by atoms with van der Waals surface area (Å²) in [6, 6.07) is 16.3. The third kappa shape index (κ3) is 6.10. The number of hydrogen-bond acceptors (Lipinski definition) is 4. The van der Waals surface area contributed by atoms with Gasteiger partial charge in [-0.25, -0.2) is 0 Å². The highest BCUT2D eigenvalue weighted by Crippen LogP contribution is 2.14. The maximum atomic E-state index is 12.5. The van der Waals surface area contributed by atoms with Gasteiger partial charge in [-0.1, -0.05) is 35.9 Å². The monoisotopic (exact) mass is 423 g/mol. The lowest BCUT2D eigenvalue weighted by Gasteiger charge is -2.34. The van der Waals surface area contributed by atoms with Crippen molar-refractivity contribution in [3.63, 3.8) is 0 Å². The average Bonchev–Trinajstić information content (AvgIpc) is 2.78. The molecular formula is C23H22ClN3O3. The van der Waals surface area contributed by atoms with E-state index in [1.807, 2.05) is 30.3 Å². The molecule has 154 valence electrons. The molecule has 0 radical (unpaired) electrons. The van der Waals surface area contributed by atoms with Crippen LogP contribution in [0.3, 0.4) is 0 Å². The zero-order chi connectivity index (χ0) is 21.3. The number of ether oxygens (including phenoxy) is 1. The van der Waals surface area contributed by atoms with Gasteiger partial charge in [0.25, 0.3) is 0 Å². The summed E-state index contributed by atoms with van der Waals surface area (Å²) in [5.41, 5.74) is 1.79. The molecule has 0 atom stereocenters. The van der Waals surface area contributed by atoms with E-state index in [1.165, 1.54) is 6.08 Å². The molecule has 0 N–H and O–H groups in total. The summed E-state index contributed by atoms with van der Waals surface area (Å²) >= 11 is 5.88. The van der Waals surface area contributed by atoms with E-state index in [2.05, 4.69) is 0 Å². The lowest BCUT2D eigenvalue weighted by atomic mass is 10.1. The Labute approximate surface area is 180 Å². The van der Waals surface area contributed by atoms with Crippen molar-refractivity contribution in [3.05, 3.63) is 70.8 Å². The number of hydrogen-bond donors (Lipinski definition) is 0. The first kappa shape index (κ1) is 21.4. The third-order valence-electron chi connectivity index (χ3n) is 4.81. The molecule has 30 heavy (non-hydrogen) atoms. The van der Waals surface area contributed by atoms with E-state index in [0.717, 1.165) is 11.1 Å². The number of carbonyl (C=O) groups is 2. The summed E-state index contributed by atoms with van der Waals surface area (Å²) in [5, 5.41) is 9.17. The Morgan fingerprint density at radius 1 is 1.00 bits per heavy atom. The van der Waals surface area contributed by atoms with Crippen LogP contribution in [0.2, 0.25) is 5.02 Å². The van der Waals surface area contributed by atoms with E-state index in [-0.39, 0.29) is 18.4 Å². The summed E-state index contributed by atoms with van der Waals surface area (Å²) in [7, 11) is 0. The quantitative estimate of drug-likeness (QED) is 0.669. The summed E-state index contributed by atoms with van der Waals surface area (Å²) in [5.74, 6) is 0.586. The predicted molar refractivity (Wildman–Crippen MR) is 115 cm³/mol. The van der Waals surface area contributed by atoms with Gasteiger partial charge in [-0.15, -0.1) is 0 Å². The molecule has 1 heterocycles. The predicted octanol–water partition coefficient (Wildman–Crippen LogP) is 3.17. The zero-order valence-electron chi connectivity index (χ0n) is 16.5. The highest BCUT2D eigenvalue weighted by molar-refractivity contribution is 6.30. The lowest BCUT2D eigenvalue weighted by Crippen LogP contribution is -2.50. The number of nitrogens with zero attached hydrogens (tertiary/aromatic N) is 3. The highest BCUT2D eigenvalue weighted by Gasteiger charge is 2.23. The van der Waals surface area contributed by atoms with E-state index in [0.29, 0.717) is 43.4 Å². The van der Waals surface area contributed by atoms with Crippen LogP contribution in [-0.4, -0.2) is 54.4 Å². The van der Waals surface area contributed by atoms with Crippen molar-refractivity contribution in [2.75, 3.05) is 32.8 Å². The van der Waals surface area contributed by atoms with E-state index in [9.17, 15) is 9.59 Å². The largest absolute Gasteiger partial charge is 0.479 e. The van der Waals surface area contributed by atoms with Gasteiger partial charge in [-0.3, -0.25) is 9.59 Å². The van der Waals surface area contributed by atoms with Gasteiger partial charge in [0.1, 0.15) is 11.8 Å². The van der Waals surface area contributed by atoms with Crippen molar-refractivity contribution in [1.82, 2.24) is 9.80 Å². The molecule has 0 aliphatic carbocycles. The van der Waals surface area contributed by atoms with Crippen LogP contribution in [0.5, 0.6) is 5.75 Å². The number of rotatable bonds is 6. The number of piperazine rings is 1. The lowest BCUT2D eigenvalue weighted by molar-refractivity contribution is -0.136. The standard InChI is InChI=1S/C23H22ClN3O3/c24-20-6-1-19(2-7-20)17-23(29)27-14-12-26(13-15-27)22(28)10-5-18-3-8-21(9-4-18)30-16-11-25/h1-10H,12-17H2/b10-5+. The van der Waals surface area contributed by atoms with Gasteiger partial charge < -0.3 is 14.5 Å². The molecule has 1 saturated heterocycles. The van der Waals surface area contributed by atoms with Crippen LogP contribution in [0.4, 0.5) is 0 Å². The highest BCUT2D eigenvalue weighted by atomic mass is 35.5. The van der Waals surface area contributed by atoms with Gasteiger partial charge in [0.2, 0.25) is 11.8 Å². The van der Waals surface area contributed by atoms with Gasteiger partial charge >= 0.3 is 0 Å². The molecule has 7 heteroatoms. The Morgan fingerprint density at radius 3 is 2.27 bits per heavy atom. The molecule has 0 spiro atoms. The molecule has 3 rings (SSSR count). The Morgan fingerprint density at radius 2 is 1.63 bits per heavy atom. The molecule has 1 aliphatic heterocycles. The molecule has 1 fully saturated rings. The van der Waals surface area contributed by atoms with Crippen molar-refractivity contribution in [3.8, 4) is 11.8 Å². The molecule has 0 saturated carbocycles. The molecule has 2 amide bonds. The van der Waals surface area contributed by atoms with Crippen molar-refractivity contribution in [2.24, 2.45) is 0 Å². The maximum Gasteiger partial charge on any atom is 0.246 e. The SMILES string of the molecule is N#CCOc1ccc(/C=C/C(=O)N2CCN(C(=O)Cc3ccc(Cl)cc3)CC2)cc1. The van der Waals surface area contributed by atoms with E-state index < -0.39 is 0 Å². The minimum Gasteiger partial charge on any atom is -0.479 e. The molecule has 0 bridgehead atoms. The van der Waals surface area contributed by atoms with Crippen LogP contribution in [0.25, 0.3) is 6.08 Å². The van der Waals surface area contributed by atoms with Crippen LogP contribution in [0.15, 0.2) is 54.6 Å². The van der Waals surface area contributed by atoms with Crippen LogP contribution in [0.1, 0.15) is 11.1 Å². The Balaban J connectivity index is 1.46. The summed E-state index contributed by atoms with van der Waals surface area (Å²) in [6.45, 7) is 2.07. The Bertz CT molecular complexity index is 941. The van der Waals surface area contributed by atoms with Gasteiger partial charge in [0.05, 0.1) is 6.42 Å². The Kier molecular flexibility index (Phi) is 7.47. The van der Waals surface area contributed by atoms with Gasteiger partial charge in [-0.05, 0) is 41.5 Å². The van der Waals surface area contributed by atoms with Crippen molar-refractivity contribution in [1.29, 1.82) is 5.26 Å². The molecular weight excluding hydrogens is 402 g/mol. The van der Waals surface area contributed by atoms with Crippen LogP contribution < -0.4 is 4.74 Å². The van der Waals surface area contributed by atoms with Crippen molar-refractivity contribution in [2.45, 2.75) is 6.42 Å². The normalized spacial score (nSPS) is 13.9. The van der Waals surface area contributed by atoms with Crippen LogP contribution in [0, 0.1) is 11.3 Å². The first-order valence-corrected chi connectivity index (χ1v) is 10.0. The molecule has 6 nitrogen and oxygen atoms in total. The van der Waals surface area contributed by atoms with Gasteiger partial charge in [0, 0.05) is 37.3 Å². The fourth-order valence-electron chi connectivity index (χ4n) is 3.13. The first-order chi connectivity index (χ1) is 14.5. The summed E-state index contributed by atoms with van der Waals surface area (Å²) in [4.78, 5) is 28.5. The average molecular weight is 424 g/mol. The fraction of sp³-hybridized carbons (Fsp3) is 0.261. The number of halogens is 1. The van der Waals surface area contributed by atoms with Crippen LogP contribution >= 0.6 is 11.6 Å². The smallest absolute Gasteiger partial charge is 0.246 e. The number of benzene rings is 2. The topological polar surface area (TPSA) is 73.6 Å². The van der Waals surface area contributed by atoms with E-state index in [1.54, 1.807) is 40.1 Å². The molecule has 2 aromatic carbocycles. The minimum absolute atomic E-state index is 0.00184.